The molecule has 7 nitrogen and oxygen atoms in total. The minimum absolute atomic E-state index is 0.0176. The van der Waals surface area contributed by atoms with E-state index in [1.165, 1.54) is 0 Å². The first kappa shape index (κ1) is 21.9. The van der Waals surface area contributed by atoms with Gasteiger partial charge in [0.2, 0.25) is 5.82 Å². The number of carboxylic acid groups (broad SMARTS) is 1. The molecule has 0 saturated carbocycles. The van der Waals surface area contributed by atoms with Gasteiger partial charge in [0.05, 0.1) is 16.5 Å². The van der Waals surface area contributed by atoms with E-state index in [-0.39, 0.29) is 6.10 Å². The third kappa shape index (κ3) is 4.21. The Bertz CT molecular complexity index is 1290. The molecule has 0 radical (unpaired) electrons. The first-order valence-electron chi connectivity index (χ1n) is 10.3. The maximum atomic E-state index is 11.5. The molecule has 2 aromatic carbocycles. The van der Waals surface area contributed by atoms with E-state index >= 15 is 0 Å². The number of hydrogen-bond acceptors (Lipinski definition) is 5. The Hall–Kier alpha value is -3.32. The average molecular weight is 454 g/mol. The fourth-order valence-electron chi connectivity index (χ4n) is 3.48. The number of carbonyl (C=O) groups is 1. The molecular formula is C24H24ClN3O4. The summed E-state index contributed by atoms with van der Waals surface area (Å²) in [6, 6.07) is 13.0. The maximum absolute atomic E-state index is 11.5. The Labute approximate surface area is 190 Å². The van der Waals surface area contributed by atoms with Gasteiger partial charge in [0, 0.05) is 34.8 Å². The monoisotopic (exact) mass is 453 g/mol. The van der Waals surface area contributed by atoms with Crippen LogP contribution in [0.3, 0.4) is 0 Å². The van der Waals surface area contributed by atoms with Gasteiger partial charge in [-0.15, -0.1) is 0 Å². The van der Waals surface area contributed by atoms with Crippen molar-refractivity contribution < 1.29 is 19.2 Å². The third-order valence-corrected chi connectivity index (χ3v) is 5.46. The fourth-order valence-corrected chi connectivity index (χ4v) is 3.71. The summed E-state index contributed by atoms with van der Waals surface area (Å²) in [6.45, 7) is 7.63. The van der Waals surface area contributed by atoms with E-state index in [1.807, 2.05) is 54.9 Å². The van der Waals surface area contributed by atoms with E-state index in [0.717, 1.165) is 16.5 Å². The van der Waals surface area contributed by atoms with Crippen LogP contribution < -0.4 is 4.74 Å². The lowest BCUT2D eigenvalue weighted by Crippen LogP contribution is -2.28. The number of benzene rings is 2. The van der Waals surface area contributed by atoms with E-state index in [1.54, 1.807) is 26.0 Å². The molecular weight excluding hydrogens is 430 g/mol. The molecule has 32 heavy (non-hydrogen) atoms. The van der Waals surface area contributed by atoms with Crippen molar-refractivity contribution in [1.82, 2.24) is 14.7 Å². The van der Waals surface area contributed by atoms with Gasteiger partial charge in [-0.05, 0) is 64.1 Å². The Kier molecular flexibility index (Phi) is 5.69. The minimum Gasteiger partial charge on any atom is -0.489 e. The van der Waals surface area contributed by atoms with E-state index < -0.39 is 11.4 Å². The van der Waals surface area contributed by atoms with Gasteiger partial charge in [-0.1, -0.05) is 22.8 Å². The second-order valence-corrected chi connectivity index (χ2v) is 9.01. The number of aromatic nitrogens is 3. The molecule has 0 atom stereocenters. The molecule has 0 bridgehead atoms. The van der Waals surface area contributed by atoms with E-state index in [9.17, 15) is 9.90 Å². The fraction of sp³-hybridized carbons (Fsp3) is 0.292. The Balaban J connectivity index is 1.67. The highest BCUT2D eigenvalue weighted by Gasteiger charge is 2.28. The van der Waals surface area contributed by atoms with Crippen molar-refractivity contribution in [2.24, 2.45) is 5.41 Å². The summed E-state index contributed by atoms with van der Waals surface area (Å²) in [5.41, 5.74) is 1.49. The van der Waals surface area contributed by atoms with E-state index in [0.29, 0.717) is 34.6 Å². The summed E-state index contributed by atoms with van der Waals surface area (Å²) in [5.74, 6) is 0.547. The van der Waals surface area contributed by atoms with Crippen LogP contribution in [0.15, 0.2) is 53.2 Å². The molecule has 8 heteroatoms. The Morgan fingerprint density at radius 3 is 2.72 bits per heavy atom. The van der Waals surface area contributed by atoms with Gasteiger partial charge in [0.1, 0.15) is 5.75 Å². The van der Waals surface area contributed by atoms with Gasteiger partial charge in [0.15, 0.2) is 0 Å². The number of fused-ring (bicyclic) bond motifs is 1. The Morgan fingerprint density at radius 2 is 2.03 bits per heavy atom. The second-order valence-electron chi connectivity index (χ2n) is 8.61. The van der Waals surface area contributed by atoms with Crippen molar-refractivity contribution in [1.29, 1.82) is 0 Å². The number of nitrogens with zero attached hydrogens (tertiary/aromatic N) is 3. The highest BCUT2D eigenvalue weighted by Crippen LogP contribution is 2.33. The zero-order chi connectivity index (χ0) is 23.0. The molecule has 166 valence electrons. The van der Waals surface area contributed by atoms with Crippen LogP contribution in [0.4, 0.5) is 0 Å². The van der Waals surface area contributed by atoms with Crippen LogP contribution in [0.1, 0.15) is 27.7 Å². The molecule has 0 fully saturated rings. The maximum Gasteiger partial charge on any atom is 0.310 e. The molecule has 2 heterocycles. The van der Waals surface area contributed by atoms with E-state index in [2.05, 4.69) is 10.1 Å². The van der Waals surface area contributed by atoms with Gasteiger partial charge in [-0.2, -0.15) is 4.98 Å². The van der Waals surface area contributed by atoms with Crippen molar-refractivity contribution in [2.45, 2.75) is 40.3 Å². The quantitative estimate of drug-likeness (QED) is 0.374. The first-order chi connectivity index (χ1) is 15.2. The summed E-state index contributed by atoms with van der Waals surface area (Å²) in [7, 11) is 0. The molecule has 0 aliphatic rings. The molecule has 0 amide bonds. The average Bonchev–Trinajstić information content (AvgIpc) is 3.36. The van der Waals surface area contributed by atoms with Crippen molar-refractivity contribution >= 4 is 28.5 Å². The van der Waals surface area contributed by atoms with Crippen molar-refractivity contribution in [3.8, 4) is 28.6 Å². The van der Waals surface area contributed by atoms with Gasteiger partial charge in [0.25, 0.3) is 5.89 Å². The standard InChI is InChI=1S/C24H24ClN3O4/c1-14(2)31-20-9-8-15(12-18(20)25)21-26-22(32-27-21)17-6-5-7-19-16(17)10-11-28(19)13-24(3,4)23(29)30/h5-12,14H,13H2,1-4H3,(H,29,30). The molecule has 0 aliphatic carbocycles. The summed E-state index contributed by atoms with van der Waals surface area (Å²) < 4.78 is 13.2. The van der Waals surface area contributed by atoms with Crippen LogP contribution in [-0.2, 0) is 11.3 Å². The summed E-state index contributed by atoms with van der Waals surface area (Å²) in [5, 5.41) is 15.0. The second kappa shape index (κ2) is 8.31. The van der Waals surface area contributed by atoms with Crippen molar-refractivity contribution in [3.05, 3.63) is 53.7 Å². The van der Waals surface area contributed by atoms with Crippen molar-refractivity contribution in [2.75, 3.05) is 0 Å². The minimum atomic E-state index is -0.898. The highest BCUT2D eigenvalue weighted by atomic mass is 35.5. The third-order valence-electron chi connectivity index (χ3n) is 5.17. The number of carboxylic acids is 1. The van der Waals surface area contributed by atoms with E-state index in [4.69, 9.17) is 20.9 Å². The van der Waals surface area contributed by atoms with Crippen LogP contribution in [0.2, 0.25) is 5.02 Å². The lowest BCUT2D eigenvalue weighted by atomic mass is 9.94. The number of hydrogen-bond donors (Lipinski definition) is 1. The van der Waals surface area contributed by atoms with Crippen LogP contribution in [0, 0.1) is 5.41 Å². The SMILES string of the molecule is CC(C)Oc1ccc(-c2noc(-c3cccc4c3ccn4CC(C)(C)C(=O)O)n2)cc1Cl. The molecule has 0 unspecified atom stereocenters. The molecule has 2 aromatic heterocycles. The molecule has 0 aliphatic heterocycles. The summed E-state index contributed by atoms with van der Waals surface area (Å²) >= 11 is 6.35. The van der Waals surface area contributed by atoms with Crippen LogP contribution in [0.5, 0.6) is 5.75 Å². The normalized spacial score (nSPS) is 11.9. The highest BCUT2D eigenvalue weighted by molar-refractivity contribution is 6.32. The zero-order valence-electron chi connectivity index (χ0n) is 18.3. The molecule has 1 N–H and O–H groups in total. The zero-order valence-corrected chi connectivity index (χ0v) is 19.1. The Morgan fingerprint density at radius 1 is 1.25 bits per heavy atom. The predicted molar refractivity (Wildman–Crippen MR) is 123 cm³/mol. The molecule has 0 saturated heterocycles. The lowest BCUT2D eigenvalue weighted by molar-refractivity contribution is -0.147. The summed E-state index contributed by atoms with van der Waals surface area (Å²) in [6.07, 6.45) is 1.90. The van der Waals surface area contributed by atoms with Crippen LogP contribution in [0.25, 0.3) is 33.7 Å². The lowest BCUT2D eigenvalue weighted by Gasteiger charge is -2.20. The van der Waals surface area contributed by atoms with Crippen molar-refractivity contribution in [3.63, 3.8) is 0 Å². The predicted octanol–water partition coefficient (Wildman–Crippen LogP) is 5.91. The molecule has 0 spiro atoms. The van der Waals surface area contributed by atoms with Crippen LogP contribution >= 0.6 is 11.6 Å². The topological polar surface area (TPSA) is 90.4 Å². The number of halogens is 1. The van der Waals surface area contributed by atoms with Gasteiger partial charge >= 0.3 is 5.97 Å². The number of rotatable bonds is 7. The first-order valence-corrected chi connectivity index (χ1v) is 10.7. The molecule has 4 aromatic rings. The molecule has 4 rings (SSSR count). The smallest absolute Gasteiger partial charge is 0.310 e. The van der Waals surface area contributed by atoms with Crippen LogP contribution in [-0.4, -0.2) is 31.9 Å². The van der Waals surface area contributed by atoms with Gasteiger partial charge in [-0.25, -0.2) is 0 Å². The van der Waals surface area contributed by atoms with Gasteiger partial charge < -0.3 is 18.9 Å². The summed E-state index contributed by atoms with van der Waals surface area (Å²) in [4.78, 5) is 16.1. The largest absolute Gasteiger partial charge is 0.489 e. The number of ether oxygens (including phenoxy) is 1. The number of aliphatic carboxylic acids is 1. The van der Waals surface area contributed by atoms with Gasteiger partial charge in [-0.3, -0.25) is 4.79 Å².